The van der Waals surface area contributed by atoms with Gasteiger partial charge in [0.25, 0.3) is 0 Å². The van der Waals surface area contributed by atoms with Crippen LogP contribution in [0, 0.1) is 22.7 Å². The Hall–Kier alpha value is -1.32. The largest absolute Gasteiger partial charge is 0.466 e. The maximum atomic E-state index is 11.8. The van der Waals surface area contributed by atoms with Crippen LogP contribution in [0.1, 0.15) is 107 Å². The lowest BCUT2D eigenvalue weighted by Crippen LogP contribution is -2.14. The Bertz CT molecular complexity index is 508. The number of rotatable bonds is 14. The molecule has 0 aromatic rings. The first-order chi connectivity index (χ1) is 13.8. The highest BCUT2D eigenvalue weighted by Gasteiger charge is 2.16. The summed E-state index contributed by atoms with van der Waals surface area (Å²) in [6.45, 7) is 18.8. The van der Waals surface area contributed by atoms with Crippen molar-refractivity contribution >= 4 is 11.9 Å². The summed E-state index contributed by atoms with van der Waals surface area (Å²) in [6.07, 6.45) is 10.3. The monoisotopic (exact) mass is 424 g/mol. The Morgan fingerprint density at radius 1 is 0.800 bits per heavy atom. The minimum Gasteiger partial charge on any atom is -0.466 e. The Labute approximate surface area is 186 Å². The standard InChI is InChI=1S/C26H48O4/c1-21(19-25(3,4)5)15-17-29-23(27)13-11-9-10-12-14-24(28)30-18-16-22(2)20-26(6,7)8/h11,13,21-22H,9-10,12,14-20H2,1-8H3/b13-11+. The van der Waals surface area contributed by atoms with Crippen molar-refractivity contribution < 1.29 is 19.1 Å². The lowest BCUT2D eigenvalue weighted by molar-refractivity contribution is -0.144. The minimum atomic E-state index is -0.276. The molecule has 0 aliphatic carbocycles. The third kappa shape index (κ3) is 20.0. The zero-order chi connectivity index (χ0) is 23.2. The molecule has 0 rings (SSSR count). The fourth-order valence-corrected chi connectivity index (χ4v) is 3.86. The molecule has 0 bridgehead atoms. The first-order valence-corrected chi connectivity index (χ1v) is 11.8. The van der Waals surface area contributed by atoms with Gasteiger partial charge in [-0.05, 0) is 67.6 Å². The summed E-state index contributed by atoms with van der Waals surface area (Å²) in [5.74, 6) is 0.708. The number of carbonyl (C=O) groups is 2. The van der Waals surface area contributed by atoms with Gasteiger partial charge in [0.15, 0.2) is 0 Å². The second-order valence-corrected chi connectivity index (χ2v) is 11.4. The van der Waals surface area contributed by atoms with E-state index in [0.717, 1.165) is 44.9 Å². The summed E-state index contributed by atoms with van der Waals surface area (Å²) in [5.41, 5.74) is 0.620. The normalized spacial score (nSPS) is 14.5. The fraction of sp³-hybridized carbons (Fsp3) is 0.846. The van der Waals surface area contributed by atoms with E-state index in [1.807, 2.05) is 6.08 Å². The second-order valence-electron chi connectivity index (χ2n) is 11.4. The van der Waals surface area contributed by atoms with E-state index in [1.165, 1.54) is 6.08 Å². The molecule has 0 aliphatic heterocycles. The molecule has 0 aromatic heterocycles. The first kappa shape index (κ1) is 28.7. The molecule has 0 saturated heterocycles. The summed E-state index contributed by atoms with van der Waals surface area (Å²) < 4.78 is 10.6. The van der Waals surface area contributed by atoms with Gasteiger partial charge in [0.1, 0.15) is 0 Å². The summed E-state index contributed by atoms with van der Waals surface area (Å²) in [5, 5.41) is 0. The van der Waals surface area contributed by atoms with Crippen LogP contribution in [-0.4, -0.2) is 25.2 Å². The van der Waals surface area contributed by atoms with Crippen molar-refractivity contribution in [2.75, 3.05) is 13.2 Å². The van der Waals surface area contributed by atoms with Crippen LogP contribution >= 0.6 is 0 Å². The van der Waals surface area contributed by atoms with E-state index in [9.17, 15) is 9.59 Å². The smallest absolute Gasteiger partial charge is 0.330 e. The average molecular weight is 425 g/mol. The predicted octanol–water partition coefficient (Wildman–Crippen LogP) is 7.11. The Morgan fingerprint density at radius 2 is 1.30 bits per heavy atom. The molecule has 2 unspecified atom stereocenters. The van der Waals surface area contributed by atoms with Crippen molar-refractivity contribution in [3.05, 3.63) is 12.2 Å². The molecule has 0 radical (unpaired) electrons. The van der Waals surface area contributed by atoms with E-state index in [2.05, 4.69) is 55.4 Å². The molecule has 0 aliphatic rings. The molecule has 4 heteroatoms. The van der Waals surface area contributed by atoms with Gasteiger partial charge in [-0.2, -0.15) is 0 Å². The molecule has 0 aromatic carbocycles. The Kier molecular flexibility index (Phi) is 14.0. The van der Waals surface area contributed by atoms with E-state index < -0.39 is 0 Å². The van der Waals surface area contributed by atoms with Crippen LogP contribution in [0.4, 0.5) is 0 Å². The summed E-state index contributed by atoms with van der Waals surface area (Å²) >= 11 is 0. The lowest BCUT2D eigenvalue weighted by atomic mass is 9.84. The van der Waals surface area contributed by atoms with Crippen molar-refractivity contribution in [2.24, 2.45) is 22.7 Å². The molecule has 0 spiro atoms. The number of ether oxygens (including phenoxy) is 2. The van der Waals surface area contributed by atoms with Crippen molar-refractivity contribution in [1.82, 2.24) is 0 Å². The topological polar surface area (TPSA) is 52.6 Å². The van der Waals surface area contributed by atoms with Gasteiger partial charge >= 0.3 is 11.9 Å². The van der Waals surface area contributed by atoms with Gasteiger partial charge in [-0.1, -0.05) is 61.5 Å². The molecule has 0 saturated carbocycles. The van der Waals surface area contributed by atoms with Gasteiger partial charge in [0.05, 0.1) is 13.2 Å². The molecule has 0 fully saturated rings. The maximum absolute atomic E-state index is 11.8. The summed E-state index contributed by atoms with van der Waals surface area (Å²) in [6, 6.07) is 0. The molecule has 0 N–H and O–H groups in total. The van der Waals surface area contributed by atoms with Crippen LogP contribution in [0.15, 0.2) is 12.2 Å². The van der Waals surface area contributed by atoms with Crippen molar-refractivity contribution in [2.45, 2.75) is 107 Å². The van der Waals surface area contributed by atoms with Gasteiger partial charge in [-0.25, -0.2) is 4.79 Å². The molecule has 4 nitrogen and oxygen atoms in total. The average Bonchev–Trinajstić information content (AvgIpc) is 2.54. The van der Waals surface area contributed by atoms with E-state index in [1.54, 1.807) is 0 Å². The number of unbranched alkanes of at least 4 members (excludes halogenated alkanes) is 2. The number of allylic oxidation sites excluding steroid dienone is 1. The molecule has 176 valence electrons. The number of hydrogen-bond donors (Lipinski definition) is 0. The second kappa shape index (κ2) is 14.6. The Morgan fingerprint density at radius 3 is 1.80 bits per heavy atom. The van der Waals surface area contributed by atoms with Gasteiger partial charge in [-0.15, -0.1) is 0 Å². The maximum Gasteiger partial charge on any atom is 0.330 e. The Balaban J connectivity index is 3.71. The fourth-order valence-electron chi connectivity index (χ4n) is 3.86. The van der Waals surface area contributed by atoms with E-state index in [4.69, 9.17) is 9.47 Å². The third-order valence-electron chi connectivity index (χ3n) is 4.91. The van der Waals surface area contributed by atoms with Crippen molar-refractivity contribution in [3.63, 3.8) is 0 Å². The molecular formula is C26H48O4. The molecule has 0 heterocycles. The van der Waals surface area contributed by atoms with Gasteiger partial charge in [0.2, 0.25) is 0 Å². The van der Waals surface area contributed by atoms with E-state index >= 15 is 0 Å². The highest BCUT2D eigenvalue weighted by Crippen LogP contribution is 2.26. The highest BCUT2D eigenvalue weighted by atomic mass is 16.5. The van der Waals surface area contributed by atoms with Crippen LogP contribution in [0.5, 0.6) is 0 Å². The van der Waals surface area contributed by atoms with Crippen LogP contribution in [0.25, 0.3) is 0 Å². The van der Waals surface area contributed by atoms with Gasteiger partial charge < -0.3 is 9.47 Å². The van der Waals surface area contributed by atoms with E-state index in [0.29, 0.717) is 42.3 Å². The molecule has 2 atom stereocenters. The van der Waals surface area contributed by atoms with Crippen molar-refractivity contribution in [1.29, 1.82) is 0 Å². The number of hydrogen-bond acceptors (Lipinski definition) is 4. The van der Waals surface area contributed by atoms with Gasteiger partial charge in [0, 0.05) is 12.5 Å². The molecule has 30 heavy (non-hydrogen) atoms. The SMILES string of the molecule is CC(CCOC(=O)/C=C/CCCCC(=O)OCCC(C)CC(C)(C)C)CC(C)(C)C. The molecular weight excluding hydrogens is 376 g/mol. The first-order valence-electron chi connectivity index (χ1n) is 11.8. The number of esters is 2. The van der Waals surface area contributed by atoms with Crippen LogP contribution < -0.4 is 0 Å². The van der Waals surface area contributed by atoms with Crippen LogP contribution in [-0.2, 0) is 19.1 Å². The zero-order valence-corrected chi connectivity index (χ0v) is 21.0. The summed E-state index contributed by atoms with van der Waals surface area (Å²) in [4.78, 5) is 23.5. The number of carbonyl (C=O) groups excluding carboxylic acids is 2. The quantitative estimate of drug-likeness (QED) is 0.169. The van der Waals surface area contributed by atoms with Crippen LogP contribution in [0.2, 0.25) is 0 Å². The third-order valence-corrected chi connectivity index (χ3v) is 4.91. The van der Waals surface area contributed by atoms with Gasteiger partial charge in [-0.3, -0.25) is 4.79 Å². The summed E-state index contributed by atoms with van der Waals surface area (Å²) in [7, 11) is 0. The van der Waals surface area contributed by atoms with Crippen molar-refractivity contribution in [3.8, 4) is 0 Å². The van der Waals surface area contributed by atoms with E-state index in [-0.39, 0.29) is 11.9 Å². The predicted molar refractivity (Wildman–Crippen MR) is 125 cm³/mol. The van der Waals surface area contributed by atoms with Crippen LogP contribution in [0.3, 0.4) is 0 Å². The zero-order valence-electron chi connectivity index (χ0n) is 21.0. The highest BCUT2D eigenvalue weighted by molar-refractivity contribution is 5.81. The molecule has 0 amide bonds. The lowest BCUT2D eigenvalue weighted by Gasteiger charge is -2.23. The minimum absolute atomic E-state index is 0.120.